The van der Waals surface area contributed by atoms with Crippen molar-refractivity contribution >= 4 is 5.82 Å². The average Bonchev–Trinajstić information content (AvgIpc) is 2.73. The normalized spacial score (nSPS) is 26.2. The third-order valence-corrected chi connectivity index (χ3v) is 4.45. The minimum atomic E-state index is 0.129. The van der Waals surface area contributed by atoms with Crippen molar-refractivity contribution in [3.8, 4) is 0 Å². The largest absolute Gasteiger partial charge is 0.384 e. The second-order valence-corrected chi connectivity index (χ2v) is 5.37. The third kappa shape index (κ3) is 2.37. The summed E-state index contributed by atoms with van der Waals surface area (Å²) in [5.41, 5.74) is 10.1. The highest BCUT2D eigenvalue weighted by atomic mass is 15.3. The van der Waals surface area contributed by atoms with Gasteiger partial charge in [0.15, 0.2) is 0 Å². The van der Waals surface area contributed by atoms with E-state index in [1.807, 2.05) is 13.2 Å². The summed E-state index contributed by atoms with van der Waals surface area (Å²) in [4.78, 5) is 0. The summed E-state index contributed by atoms with van der Waals surface area (Å²) in [7, 11) is 1.87. The van der Waals surface area contributed by atoms with E-state index in [-0.39, 0.29) is 6.04 Å². The fourth-order valence-corrected chi connectivity index (χ4v) is 3.33. The average molecular weight is 251 g/mol. The van der Waals surface area contributed by atoms with Crippen molar-refractivity contribution in [3.05, 3.63) is 11.8 Å². The van der Waals surface area contributed by atoms with E-state index < -0.39 is 0 Å². The van der Waals surface area contributed by atoms with Gasteiger partial charge in [0, 0.05) is 12.6 Å². The highest BCUT2D eigenvalue weighted by molar-refractivity contribution is 5.41. The number of nitrogens with one attached hydrogen (secondary N) is 1. The zero-order valence-corrected chi connectivity index (χ0v) is 11.4. The molecule has 0 aliphatic heterocycles. The van der Waals surface area contributed by atoms with E-state index in [4.69, 9.17) is 11.6 Å². The Hall–Kier alpha value is -1.07. The number of nitrogen functional groups attached to an aromatic ring is 1. The molecular weight excluding hydrogens is 226 g/mol. The van der Waals surface area contributed by atoms with Crippen molar-refractivity contribution in [1.82, 2.24) is 15.2 Å². The van der Waals surface area contributed by atoms with E-state index in [1.165, 1.54) is 32.1 Å². The number of hydrogen-bond donors (Lipinski definition) is 3. The first kappa shape index (κ1) is 13.4. The number of aryl methyl sites for hydroxylation is 1. The number of hydrazine groups is 1. The second kappa shape index (κ2) is 5.71. The molecule has 1 saturated carbocycles. The summed E-state index contributed by atoms with van der Waals surface area (Å²) in [6.07, 6.45) is 8.22. The molecule has 2 rings (SSSR count). The molecule has 3 unspecified atom stereocenters. The Labute approximate surface area is 109 Å². The Morgan fingerprint density at radius 3 is 2.78 bits per heavy atom. The molecule has 0 amide bonds. The van der Waals surface area contributed by atoms with Crippen LogP contribution in [0.1, 0.15) is 50.6 Å². The van der Waals surface area contributed by atoms with Gasteiger partial charge in [0.2, 0.25) is 0 Å². The van der Waals surface area contributed by atoms with Gasteiger partial charge in [-0.15, -0.1) is 0 Å². The summed E-state index contributed by atoms with van der Waals surface area (Å²) >= 11 is 0. The number of anilines is 1. The summed E-state index contributed by atoms with van der Waals surface area (Å²) < 4.78 is 1.71. The second-order valence-electron chi connectivity index (χ2n) is 5.37. The zero-order chi connectivity index (χ0) is 13.1. The van der Waals surface area contributed by atoms with Crippen molar-refractivity contribution in [2.75, 3.05) is 5.73 Å². The molecule has 102 valence electrons. The predicted octanol–water partition coefficient (Wildman–Crippen LogP) is 1.72. The van der Waals surface area contributed by atoms with Crippen LogP contribution in [0.5, 0.6) is 0 Å². The molecule has 18 heavy (non-hydrogen) atoms. The number of aromatic nitrogens is 2. The van der Waals surface area contributed by atoms with Gasteiger partial charge in [-0.3, -0.25) is 16.0 Å². The smallest absolute Gasteiger partial charge is 0.126 e. The van der Waals surface area contributed by atoms with Crippen molar-refractivity contribution in [2.24, 2.45) is 24.7 Å². The molecule has 0 saturated heterocycles. The molecule has 1 aromatic heterocycles. The Kier molecular flexibility index (Phi) is 4.24. The lowest BCUT2D eigenvalue weighted by Crippen LogP contribution is -2.38. The maximum atomic E-state index is 6.08. The maximum absolute atomic E-state index is 6.08. The van der Waals surface area contributed by atoms with Gasteiger partial charge in [0.25, 0.3) is 0 Å². The number of hydrogen-bond acceptors (Lipinski definition) is 4. The summed E-state index contributed by atoms with van der Waals surface area (Å²) in [6.45, 7) is 2.27. The topological polar surface area (TPSA) is 81.9 Å². The van der Waals surface area contributed by atoms with Gasteiger partial charge in [0.1, 0.15) is 5.82 Å². The molecule has 1 aliphatic carbocycles. The molecule has 0 aromatic carbocycles. The third-order valence-electron chi connectivity index (χ3n) is 4.45. The number of nitrogens with two attached hydrogens (primary N) is 2. The quantitative estimate of drug-likeness (QED) is 0.562. The van der Waals surface area contributed by atoms with Crippen LogP contribution >= 0.6 is 0 Å². The van der Waals surface area contributed by atoms with Gasteiger partial charge in [-0.05, 0) is 18.3 Å². The van der Waals surface area contributed by atoms with E-state index in [2.05, 4.69) is 17.4 Å². The summed E-state index contributed by atoms with van der Waals surface area (Å²) in [6, 6.07) is 0.129. The Balaban J connectivity index is 2.24. The molecule has 5 N–H and O–H groups in total. The molecule has 5 heteroatoms. The van der Waals surface area contributed by atoms with Crippen LogP contribution in [-0.2, 0) is 7.05 Å². The molecule has 0 radical (unpaired) electrons. The fourth-order valence-electron chi connectivity index (χ4n) is 3.33. The van der Waals surface area contributed by atoms with Crippen molar-refractivity contribution < 1.29 is 0 Å². The van der Waals surface area contributed by atoms with E-state index >= 15 is 0 Å². The van der Waals surface area contributed by atoms with Crippen LogP contribution in [0, 0.1) is 11.8 Å². The SMILES string of the molecule is CCC1CCCCC1C(NN)c1cnn(C)c1N. The molecule has 1 aliphatic rings. The Morgan fingerprint density at radius 2 is 2.22 bits per heavy atom. The van der Waals surface area contributed by atoms with E-state index in [0.717, 1.165) is 17.3 Å². The molecule has 0 spiro atoms. The lowest BCUT2D eigenvalue weighted by Gasteiger charge is -2.36. The van der Waals surface area contributed by atoms with Gasteiger partial charge in [-0.1, -0.05) is 32.6 Å². The van der Waals surface area contributed by atoms with Crippen LogP contribution in [0.3, 0.4) is 0 Å². The van der Waals surface area contributed by atoms with Crippen LogP contribution in [0.4, 0.5) is 5.82 Å². The number of rotatable bonds is 4. The molecule has 1 heterocycles. The van der Waals surface area contributed by atoms with Crippen molar-refractivity contribution in [3.63, 3.8) is 0 Å². The zero-order valence-electron chi connectivity index (χ0n) is 11.4. The number of nitrogens with zero attached hydrogens (tertiary/aromatic N) is 2. The van der Waals surface area contributed by atoms with Crippen LogP contribution < -0.4 is 17.0 Å². The first-order chi connectivity index (χ1) is 8.69. The first-order valence-corrected chi connectivity index (χ1v) is 6.92. The Bertz CT molecular complexity index is 387. The van der Waals surface area contributed by atoms with E-state index in [9.17, 15) is 0 Å². The molecule has 1 aromatic rings. The minimum Gasteiger partial charge on any atom is -0.384 e. The molecule has 0 bridgehead atoms. The van der Waals surface area contributed by atoms with Gasteiger partial charge < -0.3 is 5.73 Å². The molecule has 3 atom stereocenters. The van der Waals surface area contributed by atoms with Gasteiger partial charge in [-0.25, -0.2) is 0 Å². The molecular formula is C13H25N5. The van der Waals surface area contributed by atoms with Crippen molar-refractivity contribution in [2.45, 2.75) is 45.1 Å². The molecule has 1 fully saturated rings. The monoisotopic (exact) mass is 251 g/mol. The standard InChI is InChI=1S/C13H25N5/c1-3-9-6-4-5-7-10(9)12(17-15)11-8-16-18(2)13(11)14/h8-10,12,17H,3-7,14-15H2,1-2H3. The van der Waals surface area contributed by atoms with E-state index in [1.54, 1.807) is 4.68 Å². The predicted molar refractivity (Wildman–Crippen MR) is 73.4 cm³/mol. The summed E-state index contributed by atoms with van der Waals surface area (Å²) in [5, 5.41) is 4.23. The van der Waals surface area contributed by atoms with Gasteiger partial charge in [0.05, 0.1) is 12.2 Å². The van der Waals surface area contributed by atoms with Crippen LogP contribution in [-0.4, -0.2) is 9.78 Å². The van der Waals surface area contributed by atoms with Crippen LogP contribution in [0.2, 0.25) is 0 Å². The van der Waals surface area contributed by atoms with Crippen molar-refractivity contribution in [1.29, 1.82) is 0 Å². The Morgan fingerprint density at radius 1 is 1.50 bits per heavy atom. The first-order valence-electron chi connectivity index (χ1n) is 6.92. The van der Waals surface area contributed by atoms with Crippen LogP contribution in [0.25, 0.3) is 0 Å². The van der Waals surface area contributed by atoms with E-state index in [0.29, 0.717) is 5.92 Å². The fraction of sp³-hybridized carbons (Fsp3) is 0.769. The van der Waals surface area contributed by atoms with Gasteiger partial charge in [-0.2, -0.15) is 5.10 Å². The summed E-state index contributed by atoms with van der Waals surface area (Å²) in [5.74, 6) is 7.81. The highest BCUT2D eigenvalue weighted by Crippen LogP contribution is 2.41. The highest BCUT2D eigenvalue weighted by Gasteiger charge is 2.33. The lowest BCUT2D eigenvalue weighted by atomic mass is 9.73. The maximum Gasteiger partial charge on any atom is 0.126 e. The minimum absolute atomic E-state index is 0.129. The van der Waals surface area contributed by atoms with Crippen LogP contribution in [0.15, 0.2) is 6.20 Å². The van der Waals surface area contributed by atoms with Gasteiger partial charge >= 0.3 is 0 Å². The lowest BCUT2D eigenvalue weighted by molar-refractivity contribution is 0.176. The molecule has 5 nitrogen and oxygen atoms in total.